The second kappa shape index (κ2) is 11.3. The number of ether oxygens (including phenoxy) is 2. The van der Waals surface area contributed by atoms with Crippen LogP contribution in [-0.2, 0) is 18.6 Å². The summed E-state index contributed by atoms with van der Waals surface area (Å²) in [6, 6.07) is 4.00. The highest BCUT2D eigenvalue weighted by molar-refractivity contribution is 6.65. The third-order valence-corrected chi connectivity index (χ3v) is 5.66. The number of hydrogen-bond donors (Lipinski definition) is 0. The molecule has 0 radical (unpaired) electrons. The van der Waals surface area contributed by atoms with Crippen molar-refractivity contribution in [3.63, 3.8) is 0 Å². The summed E-state index contributed by atoms with van der Waals surface area (Å²) >= 11 is 0. The van der Waals surface area contributed by atoms with E-state index in [1.165, 1.54) is 0 Å². The SMILES string of the molecule is CCCCOc1cc(B2OCC(C)(C)CO2)c(OCCCC)cc1B1OCC(C)(C)CO1. The molecule has 2 fully saturated rings. The van der Waals surface area contributed by atoms with Crippen molar-refractivity contribution >= 4 is 25.2 Å². The molecular weight excluding hydrogens is 406 g/mol. The molecular formula is C24H40B2O6. The zero-order valence-corrected chi connectivity index (χ0v) is 20.8. The Balaban J connectivity index is 1.92. The van der Waals surface area contributed by atoms with E-state index in [1.807, 2.05) is 12.1 Å². The molecule has 0 spiro atoms. The average Bonchev–Trinajstić information content (AvgIpc) is 2.75. The van der Waals surface area contributed by atoms with Crippen molar-refractivity contribution in [3.8, 4) is 11.5 Å². The maximum atomic E-state index is 6.21. The van der Waals surface area contributed by atoms with E-state index in [1.54, 1.807) is 0 Å². The largest absolute Gasteiger partial charge is 0.497 e. The summed E-state index contributed by atoms with van der Waals surface area (Å²) in [4.78, 5) is 0. The van der Waals surface area contributed by atoms with Gasteiger partial charge in [0.15, 0.2) is 0 Å². The van der Waals surface area contributed by atoms with Crippen molar-refractivity contribution in [2.24, 2.45) is 10.8 Å². The summed E-state index contributed by atoms with van der Waals surface area (Å²) < 4.78 is 36.8. The molecule has 0 atom stereocenters. The van der Waals surface area contributed by atoms with Crippen molar-refractivity contribution < 1.29 is 28.1 Å². The van der Waals surface area contributed by atoms with Crippen LogP contribution in [0.3, 0.4) is 0 Å². The summed E-state index contributed by atoms with van der Waals surface area (Å²) in [5.41, 5.74) is 1.72. The van der Waals surface area contributed by atoms with Gasteiger partial charge in [-0.3, -0.25) is 0 Å². The predicted octanol–water partition coefficient (Wildman–Crippen LogP) is 3.58. The molecule has 3 rings (SSSR count). The van der Waals surface area contributed by atoms with Gasteiger partial charge in [0.1, 0.15) is 11.5 Å². The molecule has 0 bridgehead atoms. The van der Waals surface area contributed by atoms with Crippen LogP contribution >= 0.6 is 0 Å². The van der Waals surface area contributed by atoms with E-state index in [0.29, 0.717) is 39.6 Å². The molecule has 0 aromatic heterocycles. The van der Waals surface area contributed by atoms with Crippen LogP contribution in [-0.4, -0.2) is 53.9 Å². The lowest BCUT2D eigenvalue weighted by Gasteiger charge is -2.35. The van der Waals surface area contributed by atoms with Gasteiger partial charge in [-0.25, -0.2) is 0 Å². The van der Waals surface area contributed by atoms with Gasteiger partial charge in [-0.2, -0.15) is 0 Å². The van der Waals surface area contributed by atoms with Crippen LogP contribution in [0.1, 0.15) is 67.2 Å². The standard InChI is InChI=1S/C24H40B2O6/c1-7-9-11-27-21-13-20(26-31-17-24(5,6)18-32-26)22(28-12-10-8-2)14-19(21)25-29-15-23(3,4)16-30-25/h13-14H,7-12,15-18H2,1-6H3. The molecule has 0 amide bonds. The van der Waals surface area contributed by atoms with E-state index in [2.05, 4.69) is 41.5 Å². The maximum Gasteiger partial charge on any atom is 0.497 e. The number of unbranched alkanes of at least 4 members (excludes halogenated alkanes) is 2. The van der Waals surface area contributed by atoms with Crippen LogP contribution in [0.2, 0.25) is 0 Å². The zero-order chi connectivity index (χ0) is 23.2. The molecule has 8 heteroatoms. The summed E-state index contributed by atoms with van der Waals surface area (Å²) in [6.07, 6.45) is 4.09. The summed E-state index contributed by atoms with van der Waals surface area (Å²) in [7, 11) is -0.955. The molecule has 2 heterocycles. The van der Waals surface area contributed by atoms with Crippen LogP contribution in [0.4, 0.5) is 0 Å². The minimum absolute atomic E-state index is 0.00327. The third-order valence-electron chi connectivity index (χ3n) is 5.66. The molecule has 0 saturated carbocycles. The predicted molar refractivity (Wildman–Crippen MR) is 129 cm³/mol. The molecule has 1 aromatic rings. The van der Waals surface area contributed by atoms with Crippen LogP contribution in [0.25, 0.3) is 0 Å². The minimum Gasteiger partial charge on any atom is -0.494 e. The lowest BCUT2D eigenvalue weighted by Crippen LogP contribution is -2.50. The van der Waals surface area contributed by atoms with Gasteiger partial charge in [-0.15, -0.1) is 0 Å². The Morgan fingerprint density at radius 2 is 1.03 bits per heavy atom. The van der Waals surface area contributed by atoms with E-state index in [9.17, 15) is 0 Å². The number of benzene rings is 1. The van der Waals surface area contributed by atoms with Crippen molar-refractivity contribution in [2.75, 3.05) is 39.6 Å². The zero-order valence-electron chi connectivity index (χ0n) is 20.8. The fraction of sp³-hybridized carbons (Fsp3) is 0.750. The van der Waals surface area contributed by atoms with Gasteiger partial charge in [0, 0.05) is 48.2 Å². The highest BCUT2D eigenvalue weighted by Gasteiger charge is 2.39. The average molecular weight is 446 g/mol. The molecule has 0 N–H and O–H groups in total. The monoisotopic (exact) mass is 446 g/mol. The molecule has 0 unspecified atom stereocenters. The molecule has 0 aliphatic carbocycles. The minimum atomic E-state index is -0.477. The Bertz CT molecular complexity index is 658. The van der Waals surface area contributed by atoms with Crippen molar-refractivity contribution in [1.29, 1.82) is 0 Å². The summed E-state index contributed by atoms with van der Waals surface area (Å²) in [5, 5.41) is 0. The lowest BCUT2D eigenvalue weighted by atomic mass is 9.70. The van der Waals surface area contributed by atoms with Crippen LogP contribution in [0.15, 0.2) is 12.1 Å². The Kier molecular flexibility index (Phi) is 8.96. The first-order valence-corrected chi connectivity index (χ1v) is 12.1. The van der Waals surface area contributed by atoms with Crippen molar-refractivity contribution in [3.05, 3.63) is 12.1 Å². The lowest BCUT2D eigenvalue weighted by molar-refractivity contribution is 0.0336. The van der Waals surface area contributed by atoms with Gasteiger partial charge in [0.25, 0.3) is 0 Å². The van der Waals surface area contributed by atoms with Crippen LogP contribution < -0.4 is 20.4 Å². The number of rotatable bonds is 10. The molecule has 2 aliphatic rings. The van der Waals surface area contributed by atoms with Gasteiger partial charge in [0.05, 0.1) is 13.2 Å². The molecule has 6 nitrogen and oxygen atoms in total. The van der Waals surface area contributed by atoms with E-state index in [0.717, 1.165) is 48.1 Å². The van der Waals surface area contributed by atoms with E-state index in [-0.39, 0.29) is 10.8 Å². The van der Waals surface area contributed by atoms with Gasteiger partial charge in [-0.1, -0.05) is 54.4 Å². The molecule has 1 aromatic carbocycles. The van der Waals surface area contributed by atoms with Crippen LogP contribution in [0, 0.1) is 10.8 Å². The maximum absolute atomic E-state index is 6.21. The second-order valence-electron chi connectivity index (χ2n) is 10.6. The first kappa shape index (κ1) is 25.4. The van der Waals surface area contributed by atoms with E-state index >= 15 is 0 Å². The van der Waals surface area contributed by atoms with E-state index < -0.39 is 14.2 Å². The first-order valence-electron chi connectivity index (χ1n) is 12.1. The highest BCUT2D eigenvalue weighted by Crippen LogP contribution is 2.27. The number of hydrogen-bond acceptors (Lipinski definition) is 6. The van der Waals surface area contributed by atoms with Crippen molar-refractivity contribution in [2.45, 2.75) is 67.2 Å². The Morgan fingerprint density at radius 1 is 0.688 bits per heavy atom. The fourth-order valence-corrected chi connectivity index (χ4v) is 3.61. The van der Waals surface area contributed by atoms with Gasteiger partial charge in [0.2, 0.25) is 0 Å². The molecule has 2 aliphatic heterocycles. The Labute approximate surface area is 194 Å². The molecule has 2 saturated heterocycles. The topological polar surface area (TPSA) is 55.4 Å². The molecule has 32 heavy (non-hydrogen) atoms. The normalized spacial score (nSPS) is 20.3. The summed E-state index contributed by atoms with van der Waals surface area (Å²) in [6.45, 7) is 16.7. The van der Waals surface area contributed by atoms with Gasteiger partial charge < -0.3 is 28.1 Å². The van der Waals surface area contributed by atoms with E-state index in [4.69, 9.17) is 28.1 Å². The second-order valence-corrected chi connectivity index (χ2v) is 10.6. The first-order chi connectivity index (χ1) is 15.2. The third kappa shape index (κ3) is 6.89. The van der Waals surface area contributed by atoms with Gasteiger partial charge in [-0.05, 0) is 25.0 Å². The smallest absolute Gasteiger partial charge is 0.494 e. The summed E-state index contributed by atoms with van der Waals surface area (Å²) in [5.74, 6) is 1.50. The van der Waals surface area contributed by atoms with Crippen LogP contribution in [0.5, 0.6) is 11.5 Å². The quantitative estimate of drug-likeness (QED) is 0.405. The molecule has 178 valence electrons. The Morgan fingerprint density at radius 3 is 1.34 bits per heavy atom. The highest BCUT2D eigenvalue weighted by atomic mass is 16.6. The Hall–Kier alpha value is -1.21. The van der Waals surface area contributed by atoms with Crippen molar-refractivity contribution in [1.82, 2.24) is 0 Å². The van der Waals surface area contributed by atoms with Gasteiger partial charge >= 0.3 is 14.2 Å². The fourth-order valence-electron chi connectivity index (χ4n) is 3.61.